The lowest BCUT2D eigenvalue weighted by Crippen LogP contribution is -1.87. The van der Waals surface area contributed by atoms with Crippen LogP contribution in [0.4, 0.5) is 0 Å². The number of nitrogens with zero attached hydrogens (tertiary/aromatic N) is 2. The van der Waals surface area contributed by atoms with E-state index in [9.17, 15) is 9.90 Å². The summed E-state index contributed by atoms with van der Waals surface area (Å²) in [6.07, 6.45) is 4.03. The van der Waals surface area contributed by atoms with Gasteiger partial charge in [0.2, 0.25) is 0 Å². The number of aromatic nitrogens is 2. The maximum absolute atomic E-state index is 10.7. The Kier molecular flexibility index (Phi) is 3.12. The maximum Gasteiger partial charge on any atom is 0.170 e. The minimum Gasteiger partial charge on any atom is -0.507 e. The van der Waals surface area contributed by atoms with Crippen molar-refractivity contribution in [2.75, 3.05) is 0 Å². The Morgan fingerprint density at radius 1 is 1.25 bits per heavy atom. The fourth-order valence-electron chi connectivity index (χ4n) is 2.03. The van der Waals surface area contributed by atoms with Gasteiger partial charge in [-0.05, 0) is 29.8 Å². The number of aromatic hydroxyl groups is 1. The predicted octanol–water partition coefficient (Wildman–Crippen LogP) is 3.83. The molecule has 0 aliphatic rings. The highest BCUT2D eigenvalue weighted by molar-refractivity contribution is 6.44. The average Bonchev–Trinajstić information content (AvgIpc) is 2.86. The predicted molar refractivity (Wildman–Crippen MR) is 77.7 cm³/mol. The van der Waals surface area contributed by atoms with Gasteiger partial charge in [0.1, 0.15) is 17.1 Å². The van der Waals surface area contributed by atoms with Crippen molar-refractivity contribution in [1.82, 2.24) is 9.38 Å². The van der Waals surface area contributed by atoms with Crippen LogP contribution in [-0.2, 0) is 0 Å². The fraction of sp³-hybridized carbons (Fsp3) is 0. The van der Waals surface area contributed by atoms with Crippen LogP contribution in [0.15, 0.2) is 36.7 Å². The maximum atomic E-state index is 10.7. The SMILES string of the molecule is O=Cc1cn2ccc(-c3c(O)ccc(Cl)c3Cl)cc2n1. The van der Waals surface area contributed by atoms with E-state index < -0.39 is 0 Å². The van der Waals surface area contributed by atoms with Crippen LogP contribution < -0.4 is 0 Å². The van der Waals surface area contributed by atoms with Gasteiger partial charge in [-0.1, -0.05) is 23.2 Å². The van der Waals surface area contributed by atoms with Crippen molar-refractivity contribution in [1.29, 1.82) is 0 Å². The summed E-state index contributed by atoms with van der Waals surface area (Å²) in [5.41, 5.74) is 2.03. The number of imidazole rings is 1. The largest absolute Gasteiger partial charge is 0.507 e. The van der Waals surface area contributed by atoms with E-state index in [2.05, 4.69) is 4.98 Å². The van der Waals surface area contributed by atoms with Gasteiger partial charge in [-0.3, -0.25) is 4.79 Å². The number of pyridine rings is 1. The van der Waals surface area contributed by atoms with Crippen molar-refractivity contribution in [3.05, 3.63) is 52.4 Å². The van der Waals surface area contributed by atoms with E-state index in [1.807, 2.05) is 0 Å². The Labute approximate surface area is 124 Å². The van der Waals surface area contributed by atoms with Crippen LogP contribution in [0.3, 0.4) is 0 Å². The van der Waals surface area contributed by atoms with E-state index in [0.717, 1.165) is 0 Å². The zero-order valence-electron chi connectivity index (χ0n) is 10.0. The summed E-state index contributed by atoms with van der Waals surface area (Å²) in [7, 11) is 0. The minimum atomic E-state index is 0.0333. The van der Waals surface area contributed by atoms with Crippen LogP contribution in [0, 0.1) is 0 Å². The van der Waals surface area contributed by atoms with Crippen LogP contribution in [0.1, 0.15) is 10.5 Å². The molecule has 3 rings (SSSR count). The topological polar surface area (TPSA) is 54.6 Å². The van der Waals surface area contributed by atoms with Crippen molar-refractivity contribution in [2.24, 2.45) is 0 Å². The molecule has 0 saturated carbocycles. The Balaban J connectivity index is 2.24. The Morgan fingerprint density at radius 2 is 2.05 bits per heavy atom. The summed E-state index contributed by atoms with van der Waals surface area (Å²) in [5.74, 6) is 0.0333. The highest BCUT2D eigenvalue weighted by Gasteiger charge is 2.13. The molecule has 0 aliphatic heterocycles. The summed E-state index contributed by atoms with van der Waals surface area (Å²) in [4.78, 5) is 14.9. The Morgan fingerprint density at radius 3 is 2.80 bits per heavy atom. The van der Waals surface area contributed by atoms with Crippen molar-refractivity contribution in [3.63, 3.8) is 0 Å². The average molecular weight is 307 g/mol. The second-order valence-corrected chi connectivity index (χ2v) is 5.01. The molecule has 3 aromatic rings. The molecule has 20 heavy (non-hydrogen) atoms. The zero-order chi connectivity index (χ0) is 14.3. The summed E-state index contributed by atoms with van der Waals surface area (Å²) < 4.78 is 1.71. The molecule has 4 nitrogen and oxygen atoms in total. The van der Waals surface area contributed by atoms with Gasteiger partial charge < -0.3 is 9.51 Å². The van der Waals surface area contributed by atoms with Gasteiger partial charge in [-0.15, -0.1) is 0 Å². The second kappa shape index (κ2) is 4.81. The molecule has 0 bridgehead atoms. The lowest BCUT2D eigenvalue weighted by molar-refractivity contribution is 0.111. The quantitative estimate of drug-likeness (QED) is 0.732. The fourth-order valence-corrected chi connectivity index (χ4v) is 2.46. The number of aldehydes is 1. The van der Waals surface area contributed by atoms with Gasteiger partial charge in [0.25, 0.3) is 0 Å². The number of phenolic OH excluding ortho intramolecular Hbond substituents is 1. The molecule has 0 amide bonds. The zero-order valence-corrected chi connectivity index (χ0v) is 11.6. The number of hydrogen-bond donors (Lipinski definition) is 1. The molecular weight excluding hydrogens is 299 g/mol. The molecule has 0 atom stereocenters. The second-order valence-electron chi connectivity index (χ2n) is 4.22. The van der Waals surface area contributed by atoms with E-state index in [0.29, 0.717) is 33.8 Å². The molecule has 0 saturated heterocycles. The number of carbonyl (C=O) groups is 1. The lowest BCUT2D eigenvalue weighted by atomic mass is 10.1. The van der Waals surface area contributed by atoms with Crippen LogP contribution in [0.5, 0.6) is 5.75 Å². The number of phenols is 1. The molecule has 0 unspecified atom stereocenters. The molecule has 6 heteroatoms. The first-order chi connectivity index (χ1) is 9.60. The molecule has 1 N–H and O–H groups in total. The number of halogens is 2. The van der Waals surface area contributed by atoms with Gasteiger partial charge >= 0.3 is 0 Å². The first-order valence-corrected chi connectivity index (χ1v) is 6.47. The summed E-state index contributed by atoms with van der Waals surface area (Å²) >= 11 is 12.1. The number of rotatable bonds is 2. The molecular formula is C14H8Cl2N2O2. The smallest absolute Gasteiger partial charge is 0.170 e. The third-order valence-corrected chi connectivity index (χ3v) is 3.77. The first-order valence-electron chi connectivity index (χ1n) is 5.71. The van der Waals surface area contributed by atoms with Crippen LogP contribution in [-0.4, -0.2) is 20.8 Å². The van der Waals surface area contributed by atoms with Crippen LogP contribution in [0.25, 0.3) is 16.8 Å². The van der Waals surface area contributed by atoms with Crippen molar-refractivity contribution >= 4 is 35.1 Å². The van der Waals surface area contributed by atoms with E-state index in [1.165, 1.54) is 12.1 Å². The molecule has 2 aromatic heterocycles. The summed E-state index contributed by atoms with van der Waals surface area (Å²) in [6.45, 7) is 0. The standard InChI is InChI=1S/C14H8Cl2N2O2/c15-10-1-2-11(20)13(14(10)16)8-3-4-18-6-9(7-19)17-12(18)5-8/h1-7,20H. The number of benzene rings is 1. The van der Waals surface area contributed by atoms with Crippen molar-refractivity contribution in [3.8, 4) is 16.9 Å². The van der Waals surface area contributed by atoms with Crippen LogP contribution in [0.2, 0.25) is 10.0 Å². The van der Waals surface area contributed by atoms with Gasteiger partial charge in [0.05, 0.1) is 10.0 Å². The Bertz CT molecular complexity index is 827. The number of fused-ring (bicyclic) bond motifs is 1. The number of carbonyl (C=O) groups excluding carboxylic acids is 1. The molecule has 0 fully saturated rings. The van der Waals surface area contributed by atoms with Gasteiger partial charge in [-0.25, -0.2) is 4.98 Å². The van der Waals surface area contributed by atoms with Gasteiger partial charge in [0.15, 0.2) is 6.29 Å². The van der Waals surface area contributed by atoms with Gasteiger partial charge in [-0.2, -0.15) is 0 Å². The van der Waals surface area contributed by atoms with E-state index >= 15 is 0 Å². The Hall–Kier alpha value is -2.04. The van der Waals surface area contributed by atoms with Crippen molar-refractivity contribution < 1.29 is 9.90 Å². The molecule has 0 spiro atoms. The third kappa shape index (κ3) is 2.03. The molecule has 1 aromatic carbocycles. The summed E-state index contributed by atoms with van der Waals surface area (Å²) in [5, 5.41) is 10.6. The van der Waals surface area contributed by atoms with Crippen LogP contribution >= 0.6 is 23.2 Å². The molecule has 2 heterocycles. The highest BCUT2D eigenvalue weighted by Crippen LogP contribution is 2.40. The molecule has 100 valence electrons. The van der Waals surface area contributed by atoms with E-state index in [1.54, 1.807) is 28.9 Å². The summed E-state index contributed by atoms with van der Waals surface area (Å²) in [6, 6.07) is 6.50. The lowest BCUT2D eigenvalue weighted by Gasteiger charge is -2.09. The third-order valence-electron chi connectivity index (χ3n) is 2.96. The minimum absolute atomic E-state index is 0.0333. The highest BCUT2D eigenvalue weighted by atomic mass is 35.5. The van der Waals surface area contributed by atoms with E-state index in [4.69, 9.17) is 23.2 Å². The monoisotopic (exact) mass is 306 g/mol. The normalized spacial score (nSPS) is 10.9. The molecule has 0 aliphatic carbocycles. The van der Waals surface area contributed by atoms with E-state index in [-0.39, 0.29) is 10.8 Å². The van der Waals surface area contributed by atoms with Gasteiger partial charge in [0, 0.05) is 18.0 Å². The molecule has 0 radical (unpaired) electrons. The number of hydrogen-bond acceptors (Lipinski definition) is 3. The first kappa shape index (κ1) is 13.0. The van der Waals surface area contributed by atoms with Crippen molar-refractivity contribution in [2.45, 2.75) is 0 Å².